The minimum atomic E-state index is -1.14. The molecule has 1 aromatic carbocycles. The molecule has 0 radical (unpaired) electrons. The highest BCUT2D eigenvalue weighted by Gasteiger charge is 2.28. The van der Waals surface area contributed by atoms with E-state index in [1.54, 1.807) is 54.2 Å². The number of amides is 1. The molecule has 0 saturated carbocycles. The third kappa shape index (κ3) is 4.02. The molecule has 1 N–H and O–H groups in total. The first-order valence-corrected chi connectivity index (χ1v) is 8.63. The topological polar surface area (TPSA) is 121 Å². The summed E-state index contributed by atoms with van der Waals surface area (Å²) in [4.78, 5) is 25.0. The SMILES string of the molecule is Cc1oc(-n2cccc2)c(C#N)c1C(=O)O[C@@H](C)C(=O)Nc1cccc(C#N)c1. The van der Waals surface area contributed by atoms with Crippen LogP contribution in [0, 0.1) is 29.6 Å². The van der Waals surface area contributed by atoms with Crippen LogP contribution in [-0.2, 0) is 9.53 Å². The molecule has 2 heterocycles. The Labute approximate surface area is 166 Å². The van der Waals surface area contributed by atoms with Gasteiger partial charge in [-0.1, -0.05) is 6.07 Å². The highest BCUT2D eigenvalue weighted by atomic mass is 16.5. The number of nitrogens with one attached hydrogen (secondary N) is 1. The van der Waals surface area contributed by atoms with Crippen molar-refractivity contribution in [3.63, 3.8) is 0 Å². The van der Waals surface area contributed by atoms with Gasteiger partial charge in [0, 0.05) is 18.1 Å². The normalized spacial score (nSPS) is 11.2. The molecule has 0 spiro atoms. The molecular weight excluding hydrogens is 372 g/mol. The molecular formula is C21H16N4O4. The first-order valence-electron chi connectivity index (χ1n) is 8.63. The first-order chi connectivity index (χ1) is 13.9. The standard InChI is InChI=1S/C21H16N4O4/c1-13-18(17(12-23)20(28-13)25-8-3-4-9-25)21(27)29-14(2)19(26)24-16-7-5-6-15(10-16)11-22/h3-10,14H,1-2H3,(H,24,26)/t14-/m0/s1. The van der Waals surface area contributed by atoms with Gasteiger partial charge in [-0.2, -0.15) is 10.5 Å². The molecule has 3 aromatic rings. The fraction of sp³-hybridized carbons (Fsp3) is 0.143. The zero-order valence-corrected chi connectivity index (χ0v) is 15.7. The molecule has 8 heteroatoms. The second kappa shape index (κ2) is 8.15. The lowest BCUT2D eigenvalue weighted by molar-refractivity contribution is -0.123. The second-order valence-electron chi connectivity index (χ2n) is 6.14. The summed E-state index contributed by atoms with van der Waals surface area (Å²) in [5.74, 6) is -0.995. The van der Waals surface area contributed by atoms with Gasteiger partial charge in [-0.05, 0) is 44.2 Å². The van der Waals surface area contributed by atoms with Gasteiger partial charge in [-0.15, -0.1) is 0 Å². The van der Waals surface area contributed by atoms with Crippen molar-refractivity contribution in [3.8, 4) is 18.0 Å². The fourth-order valence-corrected chi connectivity index (χ4v) is 2.71. The smallest absolute Gasteiger partial charge is 0.343 e. The number of hydrogen-bond acceptors (Lipinski definition) is 6. The van der Waals surface area contributed by atoms with Gasteiger partial charge >= 0.3 is 5.97 Å². The van der Waals surface area contributed by atoms with E-state index in [1.165, 1.54) is 13.0 Å². The number of hydrogen-bond donors (Lipinski definition) is 1. The van der Waals surface area contributed by atoms with Crippen LogP contribution in [0.2, 0.25) is 0 Å². The van der Waals surface area contributed by atoms with E-state index < -0.39 is 18.0 Å². The van der Waals surface area contributed by atoms with E-state index in [-0.39, 0.29) is 22.8 Å². The Kier molecular flexibility index (Phi) is 5.47. The zero-order chi connectivity index (χ0) is 21.0. The van der Waals surface area contributed by atoms with E-state index in [9.17, 15) is 14.9 Å². The maximum atomic E-state index is 12.6. The summed E-state index contributed by atoms with van der Waals surface area (Å²) in [7, 11) is 0. The number of anilines is 1. The molecule has 0 aliphatic carbocycles. The summed E-state index contributed by atoms with van der Waals surface area (Å²) in [5.41, 5.74) is 0.794. The van der Waals surface area contributed by atoms with Gasteiger partial charge in [-0.3, -0.25) is 9.36 Å². The summed E-state index contributed by atoms with van der Waals surface area (Å²) in [5, 5.41) is 21.0. The number of esters is 1. The lowest BCUT2D eigenvalue weighted by atomic mass is 10.1. The van der Waals surface area contributed by atoms with Gasteiger partial charge in [0.2, 0.25) is 5.88 Å². The molecule has 1 amide bonds. The molecule has 0 aliphatic heterocycles. The van der Waals surface area contributed by atoms with Gasteiger partial charge in [-0.25, -0.2) is 4.79 Å². The number of aryl methyl sites for hydroxylation is 1. The monoisotopic (exact) mass is 388 g/mol. The minimum Gasteiger partial charge on any atom is -0.449 e. The van der Waals surface area contributed by atoms with E-state index in [0.717, 1.165) is 0 Å². The molecule has 0 bridgehead atoms. The lowest BCUT2D eigenvalue weighted by Crippen LogP contribution is -2.30. The van der Waals surface area contributed by atoms with Gasteiger partial charge in [0.15, 0.2) is 6.10 Å². The van der Waals surface area contributed by atoms with Gasteiger partial charge in [0.05, 0.1) is 11.6 Å². The van der Waals surface area contributed by atoms with Crippen LogP contribution in [0.5, 0.6) is 0 Å². The molecule has 0 fully saturated rings. The van der Waals surface area contributed by atoms with E-state index in [4.69, 9.17) is 14.4 Å². The quantitative estimate of drug-likeness (QED) is 0.669. The Bertz CT molecular complexity index is 1150. The van der Waals surface area contributed by atoms with Crippen molar-refractivity contribution < 1.29 is 18.7 Å². The molecule has 144 valence electrons. The number of nitrogens with zero attached hydrogens (tertiary/aromatic N) is 3. The molecule has 8 nitrogen and oxygen atoms in total. The van der Waals surface area contributed by atoms with Crippen LogP contribution in [0.4, 0.5) is 5.69 Å². The Hall–Kier alpha value is -4.30. The van der Waals surface area contributed by atoms with Crippen molar-refractivity contribution in [1.82, 2.24) is 4.57 Å². The van der Waals surface area contributed by atoms with Gasteiger partial charge in [0.25, 0.3) is 5.91 Å². The molecule has 3 rings (SSSR count). The van der Waals surface area contributed by atoms with Crippen LogP contribution < -0.4 is 5.32 Å². The molecule has 0 saturated heterocycles. The van der Waals surface area contributed by atoms with Crippen molar-refractivity contribution in [1.29, 1.82) is 10.5 Å². The van der Waals surface area contributed by atoms with E-state index in [0.29, 0.717) is 11.3 Å². The van der Waals surface area contributed by atoms with Gasteiger partial charge in [0.1, 0.15) is 23.0 Å². The predicted octanol–water partition coefficient (Wildman–Crippen LogP) is 3.31. The molecule has 0 unspecified atom stereocenters. The number of furan rings is 1. The maximum absolute atomic E-state index is 12.6. The number of nitriles is 2. The number of rotatable bonds is 5. The lowest BCUT2D eigenvalue weighted by Gasteiger charge is -2.13. The Morgan fingerprint density at radius 2 is 1.90 bits per heavy atom. The summed E-state index contributed by atoms with van der Waals surface area (Å²) in [6.45, 7) is 2.96. The predicted molar refractivity (Wildman–Crippen MR) is 102 cm³/mol. The van der Waals surface area contributed by atoms with Crippen LogP contribution in [0.3, 0.4) is 0 Å². The van der Waals surface area contributed by atoms with Crippen molar-refractivity contribution >= 4 is 17.6 Å². The largest absolute Gasteiger partial charge is 0.449 e. The number of carbonyl (C=O) groups is 2. The summed E-state index contributed by atoms with van der Waals surface area (Å²) in [6, 6.07) is 13.8. The van der Waals surface area contributed by atoms with E-state index >= 15 is 0 Å². The summed E-state index contributed by atoms with van der Waals surface area (Å²) < 4.78 is 12.4. The maximum Gasteiger partial charge on any atom is 0.343 e. The average Bonchev–Trinajstić information content (AvgIpc) is 3.35. The summed E-state index contributed by atoms with van der Waals surface area (Å²) in [6.07, 6.45) is 2.23. The fourth-order valence-electron chi connectivity index (χ4n) is 2.71. The van der Waals surface area contributed by atoms with Crippen LogP contribution in [0.15, 0.2) is 53.2 Å². The molecule has 29 heavy (non-hydrogen) atoms. The van der Waals surface area contributed by atoms with Crippen molar-refractivity contribution in [2.45, 2.75) is 20.0 Å². The van der Waals surface area contributed by atoms with Crippen LogP contribution in [0.25, 0.3) is 5.88 Å². The zero-order valence-electron chi connectivity index (χ0n) is 15.7. The van der Waals surface area contributed by atoms with E-state index in [1.807, 2.05) is 12.1 Å². The van der Waals surface area contributed by atoms with Crippen molar-refractivity contribution in [2.75, 3.05) is 5.32 Å². The number of benzene rings is 1. The summed E-state index contributed by atoms with van der Waals surface area (Å²) >= 11 is 0. The van der Waals surface area contributed by atoms with E-state index in [2.05, 4.69) is 5.32 Å². The second-order valence-corrected chi connectivity index (χ2v) is 6.14. The number of carbonyl (C=O) groups excluding carboxylic acids is 2. The average molecular weight is 388 g/mol. The molecule has 0 aliphatic rings. The Morgan fingerprint density at radius 3 is 2.55 bits per heavy atom. The molecule has 1 atom stereocenters. The van der Waals surface area contributed by atoms with Crippen LogP contribution >= 0.6 is 0 Å². The highest BCUT2D eigenvalue weighted by molar-refractivity contribution is 5.99. The molecule has 2 aromatic heterocycles. The Morgan fingerprint density at radius 1 is 1.17 bits per heavy atom. The van der Waals surface area contributed by atoms with Crippen molar-refractivity contribution in [3.05, 3.63) is 71.2 Å². The highest BCUT2D eigenvalue weighted by Crippen LogP contribution is 2.26. The third-order valence-corrected chi connectivity index (χ3v) is 4.13. The first kappa shape index (κ1) is 19.5. The van der Waals surface area contributed by atoms with Gasteiger partial charge < -0.3 is 14.5 Å². The number of aromatic nitrogens is 1. The van der Waals surface area contributed by atoms with Crippen LogP contribution in [-0.4, -0.2) is 22.5 Å². The van der Waals surface area contributed by atoms with Crippen LogP contribution in [0.1, 0.15) is 34.2 Å². The third-order valence-electron chi connectivity index (χ3n) is 4.13. The van der Waals surface area contributed by atoms with Crippen molar-refractivity contribution in [2.24, 2.45) is 0 Å². The minimum absolute atomic E-state index is 0.0256. The Balaban J connectivity index is 1.77. The number of ether oxygens (including phenoxy) is 1.